The van der Waals surface area contributed by atoms with E-state index >= 15 is 0 Å². The first-order chi connectivity index (χ1) is 31.0. The van der Waals surface area contributed by atoms with E-state index in [2.05, 4.69) is 19.2 Å². The van der Waals surface area contributed by atoms with Crippen molar-refractivity contribution < 1.29 is 25.2 Å². The number of aliphatic hydroxyl groups excluding tert-OH is 4. The second-order valence-electron chi connectivity index (χ2n) is 20.4. The minimum absolute atomic E-state index is 0.376. The van der Waals surface area contributed by atoms with Gasteiger partial charge >= 0.3 is 0 Å². The van der Waals surface area contributed by atoms with Crippen LogP contribution in [0.25, 0.3) is 0 Å². The Morgan fingerprint density at radius 2 is 0.540 bits per heavy atom. The maximum atomic E-state index is 12.6. The van der Waals surface area contributed by atoms with Crippen LogP contribution in [0.15, 0.2) is 0 Å². The van der Waals surface area contributed by atoms with E-state index in [-0.39, 0.29) is 0 Å². The van der Waals surface area contributed by atoms with E-state index in [0.29, 0.717) is 12.8 Å². The Bertz CT molecular complexity index is 871. The SMILES string of the molecule is CCCCCCCCCCCCCCCCCCCCCCCCCCCCCCCC(O)C(O)C(CO)NC(=O)C(O)CCCCCCCCCCCCCCCCCCCC. The van der Waals surface area contributed by atoms with Gasteiger partial charge in [0.15, 0.2) is 0 Å². The highest BCUT2D eigenvalue weighted by Gasteiger charge is 2.28. The van der Waals surface area contributed by atoms with E-state index in [9.17, 15) is 25.2 Å². The van der Waals surface area contributed by atoms with Crippen LogP contribution in [-0.2, 0) is 4.79 Å². The highest BCUT2D eigenvalue weighted by molar-refractivity contribution is 5.80. The number of aliphatic hydroxyl groups is 4. The van der Waals surface area contributed by atoms with Crippen molar-refractivity contribution in [2.45, 2.75) is 353 Å². The Labute approximate surface area is 394 Å². The number of hydrogen-bond acceptors (Lipinski definition) is 5. The third kappa shape index (κ3) is 46.2. The molecule has 0 spiro atoms. The van der Waals surface area contributed by atoms with Gasteiger partial charge in [0.1, 0.15) is 12.2 Å². The second-order valence-corrected chi connectivity index (χ2v) is 20.4. The van der Waals surface area contributed by atoms with Gasteiger partial charge < -0.3 is 25.7 Å². The van der Waals surface area contributed by atoms with Gasteiger partial charge in [-0.1, -0.05) is 316 Å². The zero-order valence-electron chi connectivity index (χ0n) is 42.9. The molecular formula is C57H115NO5. The summed E-state index contributed by atoms with van der Waals surface area (Å²) in [5.41, 5.74) is 0. The van der Waals surface area contributed by atoms with Crippen LogP contribution in [0.2, 0.25) is 0 Å². The summed E-state index contributed by atoms with van der Waals surface area (Å²) in [6.07, 6.45) is 60.4. The van der Waals surface area contributed by atoms with Crippen LogP contribution < -0.4 is 5.32 Å². The third-order valence-electron chi connectivity index (χ3n) is 14.1. The van der Waals surface area contributed by atoms with Gasteiger partial charge in [-0.25, -0.2) is 0 Å². The minimum atomic E-state index is -1.25. The molecule has 6 heteroatoms. The van der Waals surface area contributed by atoms with E-state index in [4.69, 9.17) is 0 Å². The molecule has 0 aliphatic rings. The van der Waals surface area contributed by atoms with Crippen LogP contribution in [0.4, 0.5) is 0 Å². The summed E-state index contributed by atoms with van der Waals surface area (Å²) in [7, 11) is 0. The summed E-state index contributed by atoms with van der Waals surface area (Å²) in [6.45, 7) is 4.10. The highest BCUT2D eigenvalue weighted by atomic mass is 16.3. The molecular weight excluding hydrogens is 779 g/mol. The van der Waals surface area contributed by atoms with E-state index in [1.165, 1.54) is 263 Å². The number of hydrogen-bond donors (Lipinski definition) is 5. The lowest BCUT2D eigenvalue weighted by Gasteiger charge is -2.27. The summed E-state index contributed by atoms with van der Waals surface area (Å²) in [5, 5.41) is 44.0. The molecule has 0 aromatic rings. The highest BCUT2D eigenvalue weighted by Crippen LogP contribution is 2.19. The maximum Gasteiger partial charge on any atom is 0.249 e. The molecule has 0 radical (unpaired) electrons. The van der Waals surface area contributed by atoms with Gasteiger partial charge in [0.2, 0.25) is 5.91 Å². The van der Waals surface area contributed by atoms with Crippen molar-refractivity contribution in [1.29, 1.82) is 0 Å². The van der Waals surface area contributed by atoms with Crippen LogP contribution in [0.1, 0.15) is 328 Å². The van der Waals surface area contributed by atoms with Crippen molar-refractivity contribution in [3.63, 3.8) is 0 Å². The monoisotopic (exact) mass is 894 g/mol. The molecule has 0 fully saturated rings. The lowest BCUT2D eigenvalue weighted by molar-refractivity contribution is -0.132. The molecule has 0 heterocycles. The normalized spacial score (nSPS) is 13.7. The van der Waals surface area contributed by atoms with E-state index < -0.39 is 36.9 Å². The summed E-state index contributed by atoms with van der Waals surface area (Å²) in [4.78, 5) is 12.6. The number of rotatable bonds is 54. The fraction of sp³-hybridized carbons (Fsp3) is 0.982. The molecule has 4 unspecified atom stereocenters. The van der Waals surface area contributed by atoms with Crippen LogP contribution in [0.5, 0.6) is 0 Å². The van der Waals surface area contributed by atoms with Gasteiger partial charge in [-0.2, -0.15) is 0 Å². The number of nitrogens with one attached hydrogen (secondary N) is 1. The summed E-state index contributed by atoms with van der Waals surface area (Å²) in [5.74, 6) is -0.576. The predicted octanol–water partition coefficient (Wildman–Crippen LogP) is 16.7. The molecule has 0 aliphatic heterocycles. The smallest absolute Gasteiger partial charge is 0.249 e. The maximum absolute atomic E-state index is 12.6. The Balaban J connectivity index is 3.55. The summed E-state index contributed by atoms with van der Waals surface area (Å²) < 4.78 is 0. The topological polar surface area (TPSA) is 110 Å². The standard InChI is InChI=1S/C57H115NO5/c1-3-5-7-9-11-13-15-17-19-21-23-24-25-26-27-28-29-30-31-32-33-35-36-38-40-42-44-46-48-50-54(60)56(62)53(52-59)58-57(63)55(61)51-49-47-45-43-41-39-37-34-22-20-18-16-14-12-10-8-6-4-2/h53-56,59-62H,3-52H2,1-2H3,(H,58,63). The average molecular weight is 895 g/mol. The van der Waals surface area contributed by atoms with Crippen LogP contribution in [0, 0.1) is 0 Å². The van der Waals surface area contributed by atoms with Crippen molar-refractivity contribution in [2.24, 2.45) is 0 Å². The summed E-state index contributed by atoms with van der Waals surface area (Å²) >= 11 is 0. The molecule has 0 aromatic heterocycles. The van der Waals surface area contributed by atoms with Gasteiger partial charge in [0, 0.05) is 0 Å². The second kappa shape index (κ2) is 52.3. The average Bonchev–Trinajstić information content (AvgIpc) is 3.29. The first-order valence-electron chi connectivity index (χ1n) is 28.9. The third-order valence-corrected chi connectivity index (χ3v) is 14.1. The van der Waals surface area contributed by atoms with E-state index in [1.54, 1.807) is 0 Å². The molecule has 0 saturated heterocycles. The van der Waals surface area contributed by atoms with Gasteiger partial charge in [-0.15, -0.1) is 0 Å². The molecule has 4 atom stereocenters. The van der Waals surface area contributed by atoms with Gasteiger partial charge in [0.25, 0.3) is 0 Å². The fourth-order valence-electron chi connectivity index (χ4n) is 9.53. The van der Waals surface area contributed by atoms with Gasteiger partial charge in [-0.05, 0) is 12.8 Å². The Morgan fingerprint density at radius 3 is 0.762 bits per heavy atom. The van der Waals surface area contributed by atoms with Crippen LogP contribution in [-0.4, -0.2) is 57.3 Å². The quantitative estimate of drug-likeness (QED) is 0.0391. The van der Waals surface area contributed by atoms with Crippen molar-refractivity contribution >= 4 is 5.91 Å². The zero-order valence-corrected chi connectivity index (χ0v) is 42.9. The zero-order chi connectivity index (χ0) is 45.9. The first kappa shape index (κ1) is 62.3. The Morgan fingerprint density at radius 1 is 0.333 bits per heavy atom. The van der Waals surface area contributed by atoms with Crippen LogP contribution in [0.3, 0.4) is 0 Å². The molecule has 0 rings (SSSR count). The molecule has 6 nitrogen and oxygen atoms in total. The Kier molecular flexibility index (Phi) is 51.7. The number of carbonyl (C=O) groups is 1. The predicted molar refractivity (Wildman–Crippen MR) is 275 cm³/mol. The first-order valence-corrected chi connectivity index (χ1v) is 28.9. The van der Waals surface area contributed by atoms with Crippen molar-refractivity contribution in [3.05, 3.63) is 0 Å². The molecule has 378 valence electrons. The molecule has 5 N–H and O–H groups in total. The number of carbonyl (C=O) groups excluding carboxylic acids is 1. The number of amides is 1. The Hall–Kier alpha value is -0.690. The molecule has 63 heavy (non-hydrogen) atoms. The van der Waals surface area contributed by atoms with Gasteiger partial charge in [-0.3, -0.25) is 4.79 Å². The van der Waals surface area contributed by atoms with Crippen molar-refractivity contribution in [2.75, 3.05) is 6.61 Å². The summed E-state index contributed by atoms with van der Waals surface area (Å²) in [6, 6.07) is -0.980. The van der Waals surface area contributed by atoms with E-state index in [0.717, 1.165) is 38.5 Å². The molecule has 0 aliphatic carbocycles. The van der Waals surface area contributed by atoms with Crippen molar-refractivity contribution in [1.82, 2.24) is 5.32 Å². The lowest BCUT2D eigenvalue weighted by atomic mass is 9.99. The van der Waals surface area contributed by atoms with Crippen LogP contribution >= 0.6 is 0 Å². The fourth-order valence-corrected chi connectivity index (χ4v) is 9.53. The molecule has 0 aromatic carbocycles. The van der Waals surface area contributed by atoms with Gasteiger partial charge in [0.05, 0.1) is 18.8 Å². The molecule has 1 amide bonds. The van der Waals surface area contributed by atoms with Crippen molar-refractivity contribution in [3.8, 4) is 0 Å². The molecule has 0 saturated carbocycles. The largest absolute Gasteiger partial charge is 0.394 e. The lowest BCUT2D eigenvalue weighted by Crippen LogP contribution is -2.53. The minimum Gasteiger partial charge on any atom is -0.394 e. The number of unbranched alkanes of at least 4 members (excludes halogenated alkanes) is 45. The van der Waals surface area contributed by atoms with E-state index in [1.807, 2.05) is 0 Å². The molecule has 0 bridgehead atoms.